The van der Waals surface area contributed by atoms with E-state index < -0.39 is 47.2 Å². The molecule has 1 aromatic rings. The third-order valence-electron chi connectivity index (χ3n) is 5.51. The van der Waals surface area contributed by atoms with E-state index >= 15 is 0 Å². The smallest absolute Gasteiger partial charge is 0.313 e. The number of esters is 1. The first-order chi connectivity index (χ1) is 15.8. The predicted molar refractivity (Wildman–Crippen MR) is 108 cm³/mol. The molecule has 0 heterocycles. The van der Waals surface area contributed by atoms with Crippen molar-refractivity contribution in [3.63, 3.8) is 0 Å². The third-order valence-corrected chi connectivity index (χ3v) is 5.51. The van der Waals surface area contributed by atoms with Crippen molar-refractivity contribution >= 4 is 11.8 Å². The highest BCUT2D eigenvalue weighted by atomic mass is 19.2. The van der Waals surface area contributed by atoms with Crippen LogP contribution in [0.3, 0.4) is 0 Å². The Balaban J connectivity index is 1.59. The quantitative estimate of drug-likeness (QED) is 0.106. The van der Waals surface area contributed by atoms with Crippen LogP contribution in [0.4, 0.5) is 22.0 Å². The van der Waals surface area contributed by atoms with Crippen molar-refractivity contribution in [3.8, 4) is 5.75 Å². The Morgan fingerprint density at radius 3 is 1.64 bits per heavy atom. The molecular weight excluding hydrogens is 451 g/mol. The van der Waals surface area contributed by atoms with Crippen LogP contribution in [-0.2, 0) is 19.1 Å². The van der Waals surface area contributed by atoms with Gasteiger partial charge in [0.1, 0.15) is 5.78 Å². The number of rotatable bonds is 11. The number of ether oxygens (including phenoxy) is 3. The van der Waals surface area contributed by atoms with Gasteiger partial charge in [-0.2, -0.15) is 8.78 Å². The summed E-state index contributed by atoms with van der Waals surface area (Å²) >= 11 is 0. The molecular formula is C23H29F5O5. The molecule has 0 N–H and O–H groups in total. The van der Waals surface area contributed by atoms with Gasteiger partial charge in [-0.05, 0) is 12.8 Å². The zero-order chi connectivity index (χ0) is 24.2. The molecule has 1 aliphatic carbocycles. The lowest BCUT2D eigenvalue weighted by Gasteiger charge is -2.14. The number of Topliss-reactive ketones (excluding diaryl/α,β-unsaturated/α-hetero) is 1. The average Bonchev–Trinajstić information content (AvgIpc) is 2.95. The lowest BCUT2D eigenvalue weighted by Crippen LogP contribution is -2.18. The molecule has 10 heteroatoms. The fourth-order valence-corrected chi connectivity index (χ4v) is 3.65. The van der Waals surface area contributed by atoms with Crippen molar-refractivity contribution in [2.75, 3.05) is 26.4 Å². The second-order valence-corrected chi connectivity index (χ2v) is 7.96. The van der Waals surface area contributed by atoms with E-state index in [1.54, 1.807) is 0 Å². The van der Waals surface area contributed by atoms with E-state index in [4.69, 9.17) is 9.47 Å². The highest BCUT2D eigenvalue weighted by Crippen LogP contribution is 2.29. The molecule has 5 nitrogen and oxygen atoms in total. The normalized spacial score (nSPS) is 15.5. The van der Waals surface area contributed by atoms with E-state index in [9.17, 15) is 31.5 Å². The van der Waals surface area contributed by atoms with Gasteiger partial charge in [-0.1, -0.05) is 38.5 Å². The third kappa shape index (κ3) is 8.66. The molecule has 0 aromatic heterocycles. The number of hydrogen-bond donors (Lipinski definition) is 0. The van der Waals surface area contributed by atoms with Crippen LogP contribution in [0.2, 0.25) is 0 Å². The zero-order valence-corrected chi connectivity index (χ0v) is 18.4. The molecule has 2 rings (SSSR count). The van der Waals surface area contributed by atoms with E-state index in [0.29, 0.717) is 6.42 Å². The summed E-state index contributed by atoms with van der Waals surface area (Å²) in [6.07, 6.45) is 8.71. The molecule has 0 spiro atoms. The second kappa shape index (κ2) is 14.2. The predicted octanol–water partition coefficient (Wildman–Crippen LogP) is 5.42. The summed E-state index contributed by atoms with van der Waals surface area (Å²) in [4.78, 5) is 24.0. The zero-order valence-electron chi connectivity index (χ0n) is 18.4. The first-order valence-electron chi connectivity index (χ1n) is 11.2. The molecule has 1 fully saturated rings. The summed E-state index contributed by atoms with van der Waals surface area (Å²) in [5.41, 5.74) is 0. The van der Waals surface area contributed by atoms with Crippen molar-refractivity contribution in [2.24, 2.45) is 5.92 Å². The van der Waals surface area contributed by atoms with E-state index in [1.165, 1.54) is 25.7 Å². The Morgan fingerprint density at radius 2 is 1.09 bits per heavy atom. The molecule has 0 unspecified atom stereocenters. The van der Waals surface area contributed by atoms with Crippen LogP contribution in [0, 0.1) is 35.0 Å². The Labute approximate surface area is 189 Å². The lowest BCUT2D eigenvalue weighted by atomic mass is 9.91. The fraction of sp³-hybridized carbons (Fsp3) is 0.652. The Kier molecular flexibility index (Phi) is 11.7. The van der Waals surface area contributed by atoms with Gasteiger partial charge in [-0.3, -0.25) is 9.59 Å². The second-order valence-electron chi connectivity index (χ2n) is 7.96. The largest absolute Gasteiger partial charge is 0.420 e. The molecule has 0 atom stereocenters. The van der Waals surface area contributed by atoms with Crippen molar-refractivity contribution in [2.45, 2.75) is 64.2 Å². The molecule has 0 saturated heterocycles. The van der Waals surface area contributed by atoms with Gasteiger partial charge in [0.15, 0.2) is 0 Å². The van der Waals surface area contributed by atoms with Gasteiger partial charge in [0.25, 0.3) is 0 Å². The Hall–Kier alpha value is -2.07. The SMILES string of the molecule is O=C(CCOCCOCCC(=O)C1CCCCCCCC1)Oc1c(F)c(F)c(F)c(F)c1F. The maximum Gasteiger partial charge on any atom is 0.313 e. The molecule has 0 amide bonds. The summed E-state index contributed by atoms with van der Waals surface area (Å²) in [5.74, 6) is -13.7. The van der Waals surface area contributed by atoms with Crippen LogP contribution in [0.15, 0.2) is 0 Å². The number of hydrogen-bond acceptors (Lipinski definition) is 5. The van der Waals surface area contributed by atoms with Gasteiger partial charge in [0.05, 0.1) is 32.8 Å². The maximum atomic E-state index is 13.5. The summed E-state index contributed by atoms with van der Waals surface area (Å²) in [6.45, 7) is 0.317. The highest BCUT2D eigenvalue weighted by Gasteiger charge is 2.28. The van der Waals surface area contributed by atoms with Gasteiger partial charge in [0, 0.05) is 12.3 Å². The summed E-state index contributed by atoms with van der Waals surface area (Å²) in [5, 5.41) is 0. The standard InChI is InChI=1S/C23H29F5O5/c24-18-19(25)21(27)23(22(28)20(18)26)33-17(30)10-12-32-14-13-31-11-9-16(29)15-7-5-3-1-2-4-6-8-15/h15H,1-14H2. The lowest BCUT2D eigenvalue weighted by molar-refractivity contribution is -0.136. The van der Waals surface area contributed by atoms with Crippen molar-refractivity contribution in [3.05, 3.63) is 29.1 Å². The molecule has 0 bridgehead atoms. The minimum Gasteiger partial charge on any atom is -0.420 e. The highest BCUT2D eigenvalue weighted by molar-refractivity contribution is 5.81. The van der Waals surface area contributed by atoms with Crippen LogP contribution in [-0.4, -0.2) is 38.2 Å². The number of halogens is 5. The molecule has 0 radical (unpaired) electrons. The van der Waals surface area contributed by atoms with Crippen molar-refractivity contribution in [1.29, 1.82) is 0 Å². The van der Waals surface area contributed by atoms with Crippen LogP contribution >= 0.6 is 0 Å². The Morgan fingerprint density at radius 1 is 0.636 bits per heavy atom. The topological polar surface area (TPSA) is 61.8 Å². The average molecular weight is 480 g/mol. The van der Waals surface area contributed by atoms with Gasteiger partial charge >= 0.3 is 5.97 Å². The van der Waals surface area contributed by atoms with E-state index in [1.807, 2.05) is 0 Å². The molecule has 1 aliphatic rings. The van der Waals surface area contributed by atoms with Crippen molar-refractivity contribution in [1.82, 2.24) is 0 Å². The van der Waals surface area contributed by atoms with Crippen LogP contribution < -0.4 is 4.74 Å². The van der Waals surface area contributed by atoms with Gasteiger partial charge in [-0.25, -0.2) is 13.2 Å². The van der Waals surface area contributed by atoms with Crippen LogP contribution in [0.1, 0.15) is 64.2 Å². The molecule has 1 aromatic carbocycles. The van der Waals surface area contributed by atoms with Crippen molar-refractivity contribution < 1.29 is 45.8 Å². The van der Waals surface area contributed by atoms with E-state index in [0.717, 1.165) is 25.7 Å². The molecule has 33 heavy (non-hydrogen) atoms. The first kappa shape index (κ1) is 27.2. The minimum atomic E-state index is -2.34. The number of ketones is 1. The van der Waals surface area contributed by atoms with Gasteiger partial charge in [-0.15, -0.1) is 0 Å². The van der Waals surface area contributed by atoms with Crippen LogP contribution in [0.25, 0.3) is 0 Å². The fourth-order valence-electron chi connectivity index (χ4n) is 3.65. The van der Waals surface area contributed by atoms with E-state index in [2.05, 4.69) is 4.74 Å². The molecule has 1 saturated carbocycles. The summed E-state index contributed by atoms with van der Waals surface area (Å²) in [6, 6.07) is 0. The maximum absolute atomic E-state index is 13.5. The number of benzene rings is 1. The minimum absolute atomic E-state index is 0.0907. The Bertz CT molecular complexity index is 763. The van der Waals surface area contributed by atoms with Gasteiger partial charge in [0.2, 0.25) is 34.8 Å². The summed E-state index contributed by atoms with van der Waals surface area (Å²) < 4.78 is 80.9. The number of carbonyl (C=O) groups is 2. The van der Waals surface area contributed by atoms with Gasteiger partial charge < -0.3 is 14.2 Å². The molecule has 0 aliphatic heterocycles. The first-order valence-corrected chi connectivity index (χ1v) is 11.2. The molecule has 186 valence electrons. The number of carbonyl (C=O) groups excluding carboxylic acids is 2. The summed E-state index contributed by atoms with van der Waals surface area (Å²) in [7, 11) is 0. The van der Waals surface area contributed by atoms with Crippen LogP contribution in [0.5, 0.6) is 5.75 Å². The monoisotopic (exact) mass is 480 g/mol. The van der Waals surface area contributed by atoms with E-state index in [-0.39, 0.29) is 38.1 Å².